The van der Waals surface area contributed by atoms with Gasteiger partial charge in [-0.15, -0.1) is 0 Å². The molecule has 0 saturated heterocycles. The van der Waals surface area contributed by atoms with E-state index in [2.05, 4.69) is 0 Å². The first-order valence-corrected chi connectivity index (χ1v) is 11.2. The maximum absolute atomic E-state index is 15.5. The van der Waals surface area contributed by atoms with Gasteiger partial charge in [0.1, 0.15) is 11.5 Å². The van der Waals surface area contributed by atoms with Crippen LogP contribution < -0.4 is 19.5 Å². The molecule has 0 aliphatic rings. The van der Waals surface area contributed by atoms with E-state index >= 15 is 4.39 Å². The van der Waals surface area contributed by atoms with E-state index in [1.54, 1.807) is 0 Å². The molecule has 0 fully saturated rings. The third-order valence-electron chi connectivity index (χ3n) is 5.01. The number of methoxy groups -OCH3 is 1. The van der Waals surface area contributed by atoms with Crippen LogP contribution in [0.25, 0.3) is 0 Å². The monoisotopic (exact) mass is 411 g/mol. The van der Waals surface area contributed by atoms with Crippen LogP contribution in [0.3, 0.4) is 0 Å². The van der Waals surface area contributed by atoms with Crippen LogP contribution in [0.15, 0.2) is 72.8 Å². The molecule has 5 heteroatoms. The predicted molar refractivity (Wildman–Crippen MR) is 117 cm³/mol. The van der Waals surface area contributed by atoms with Gasteiger partial charge in [0.2, 0.25) is 0 Å². The van der Waals surface area contributed by atoms with E-state index in [4.69, 9.17) is 13.3 Å². The molecule has 0 aromatic heterocycles. The van der Waals surface area contributed by atoms with Gasteiger partial charge in [-0.25, -0.2) is 4.39 Å². The number of rotatable bonds is 6. The van der Waals surface area contributed by atoms with Crippen LogP contribution in [0.5, 0.6) is 11.5 Å². The van der Waals surface area contributed by atoms with Gasteiger partial charge in [0.25, 0.3) is 0 Å². The quantitative estimate of drug-likeness (QED) is 0.440. The molecule has 0 saturated carbocycles. The SMILES string of the molecule is [2H]C([2H])([2H])Oc1ccc(O[Si](c2ccccc2)(c2ccccc2)C(C)(C)C)c(F)c1C=O. The molecule has 0 atom stereocenters. The van der Waals surface area contributed by atoms with E-state index in [0.29, 0.717) is 0 Å². The molecule has 0 radical (unpaired) electrons. The van der Waals surface area contributed by atoms with E-state index in [-0.39, 0.29) is 17.8 Å². The topological polar surface area (TPSA) is 35.5 Å². The summed E-state index contributed by atoms with van der Waals surface area (Å²) in [7, 11) is -5.94. The molecule has 0 heterocycles. The molecule has 3 rings (SSSR count). The highest BCUT2D eigenvalue weighted by atomic mass is 28.4. The van der Waals surface area contributed by atoms with Crippen molar-refractivity contribution in [3.8, 4) is 11.5 Å². The second-order valence-electron chi connectivity index (χ2n) is 7.77. The number of hydrogen-bond acceptors (Lipinski definition) is 3. The molecule has 3 aromatic rings. The van der Waals surface area contributed by atoms with Gasteiger partial charge >= 0.3 is 8.32 Å². The van der Waals surface area contributed by atoms with Crippen molar-refractivity contribution in [2.45, 2.75) is 25.8 Å². The predicted octanol–water partition coefficient (Wildman–Crippen LogP) is 4.59. The van der Waals surface area contributed by atoms with Crippen molar-refractivity contribution in [2.75, 3.05) is 7.04 Å². The minimum Gasteiger partial charge on any atom is -0.532 e. The lowest BCUT2D eigenvalue weighted by Gasteiger charge is -2.43. The Morgan fingerprint density at radius 1 is 0.897 bits per heavy atom. The Balaban J connectivity index is 2.24. The maximum Gasteiger partial charge on any atom is 0.320 e. The van der Waals surface area contributed by atoms with Gasteiger partial charge in [-0.2, -0.15) is 0 Å². The first kappa shape index (κ1) is 17.0. The minimum atomic E-state index is -3.13. The fourth-order valence-electron chi connectivity index (χ4n) is 3.65. The zero-order chi connectivity index (χ0) is 23.6. The summed E-state index contributed by atoms with van der Waals surface area (Å²) < 4.78 is 48.7. The molecule has 0 spiro atoms. The minimum absolute atomic E-state index is 0.126. The molecule has 3 nitrogen and oxygen atoms in total. The Hall–Kier alpha value is -2.92. The number of halogens is 1. The lowest BCUT2D eigenvalue weighted by atomic mass is 10.2. The summed E-state index contributed by atoms with van der Waals surface area (Å²) in [6.07, 6.45) is 0.245. The average Bonchev–Trinajstić information content (AvgIpc) is 2.73. The molecule has 0 amide bonds. The summed E-state index contributed by atoms with van der Waals surface area (Å²) in [5.41, 5.74) is -0.489. The molecule has 0 aliphatic heterocycles. The Labute approximate surface area is 176 Å². The summed E-state index contributed by atoms with van der Waals surface area (Å²) >= 11 is 0. The fourth-order valence-corrected chi connectivity index (χ4v) is 8.07. The fraction of sp³-hybridized carbons (Fsp3) is 0.208. The van der Waals surface area contributed by atoms with Crippen molar-refractivity contribution in [3.05, 3.63) is 84.2 Å². The van der Waals surface area contributed by atoms with Crippen LogP contribution in [-0.2, 0) is 0 Å². The Kier molecular flexibility index (Phi) is 4.81. The number of aldehydes is 1. The van der Waals surface area contributed by atoms with Gasteiger partial charge in [0.15, 0.2) is 12.1 Å². The molecule has 0 unspecified atom stereocenters. The Morgan fingerprint density at radius 2 is 1.41 bits per heavy atom. The summed E-state index contributed by atoms with van der Waals surface area (Å²) in [6, 6.07) is 21.9. The van der Waals surface area contributed by atoms with Gasteiger partial charge in [0.05, 0.1) is 16.7 Å². The standard InChI is InChI=1S/C24H25FO3Si/c1-24(2,3)29(18-11-7-5-8-12-18,19-13-9-6-10-14-19)28-22-16-15-21(27-4)20(17-26)23(22)25/h5-17H,1-4H3/i4D3. The normalized spacial score (nSPS) is 13.7. The molecule has 0 N–H and O–H groups in total. The highest BCUT2D eigenvalue weighted by Gasteiger charge is 2.52. The Bertz CT molecular complexity index is 1040. The Morgan fingerprint density at radius 3 is 1.86 bits per heavy atom. The largest absolute Gasteiger partial charge is 0.532 e. The molecule has 3 aromatic carbocycles. The zero-order valence-electron chi connectivity index (χ0n) is 19.6. The number of carbonyl (C=O) groups is 1. The van der Waals surface area contributed by atoms with Gasteiger partial charge in [-0.1, -0.05) is 81.4 Å². The van der Waals surface area contributed by atoms with Crippen LogP contribution in [-0.4, -0.2) is 21.6 Å². The first-order chi connectivity index (χ1) is 15.0. The second kappa shape index (κ2) is 8.21. The summed E-state index contributed by atoms with van der Waals surface area (Å²) in [5.74, 6) is -1.43. The van der Waals surface area contributed by atoms with E-state index < -0.39 is 31.8 Å². The van der Waals surface area contributed by atoms with Gasteiger partial charge in [0, 0.05) is 0 Å². The van der Waals surface area contributed by atoms with E-state index in [1.807, 2.05) is 81.4 Å². The number of ether oxygens (including phenoxy) is 1. The molecular weight excluding hydrogens is 383 g/mol. The molecule has 150 valence electrons. The highest BCUT2D eigenvalue weighted by molar-refractivity contribution is 7.00. The summed E-state index contributed by atoms with van der Waals surface area (Å²) in [5, 5.41) is 1.46. The van der Waals surface area contributed by atoms with Crippen molar-refractivity contribution in [2.24, 2.45) is 0 Å². The van der Waals surface area contributed by atoms with Crippen LogP contribution in [0, 0.1) is 5.82 Å². The molecule has 29 heavy (non-hydrogen) atoms. The first-order valence-electron chi connectivity index (χ1n) is 10.8. The van der Waals surface area contributed by atoms with Crippen LogP contribution in [0.2, 0.25) is 5.04 Å². The highest BCUT2D eigenvalue weighted by Crippen LogP contribution is 2.39. The zero-order valence-corrected chi connectivity index (χ0v) is 17.6. The van der Waals surface area contributed by atoms with E-state index in [0.717, 1.165) is 10.4 Å². The van der Waals surface area contributed by atoms with Gasteiger partial charge in [-0.05, 0) is 27.5 Å². The van der Waals surface area contributed by atoms with Crippen molar-refractivity contribution < 1.29 is 22.5 Å². The average molecular weight is 412 g/mol. The maximum atomic E-state index is 15.5. The number of hydrogen-bond donors (Lipinski definition) is 0. The second-order valence-corrected chi connectivity index (χ2v) is 12.0. The van der Waals surface area contributed by atoms with Crippen LogP contribution in [0.4, 0.5) is 4.39 Å². The van der Waals surface area contributed by atoms with Crippen molar-refractivity contribution >= 4 is 25.0 Å². The van der Waals surface area contributed by atoms with Crippen molar-refractivity contribution in [1.29, 1.82) is 0 Å². The lowest BCUT2D eigenvalue weighted by molar-refractivity contribution is 0.111. The smallest absolute Gasteiger partial charge is 0.320 e. The summed E-state index contributed by atoms with van der Waals surface area (Å²) in [4.78, 5) is 11.6. The molecular formula is C24H25FO3Si. The van der Waals surface area contributed by atoms with E-state index in [9.17, 15) is 4.79 Å². The summed E-state index contributed by atoms with van der Waals surface area (Å²) in [6.45, 7) is 6.14. The number of benzene rings is 3. The van der Waals surface area contributed by atoms with Gasteiger partial charge < -0.3 is 9.16 Å². The van der Waals surface area contributed by atoms with Crippen molar-refractivity contribution in [3.63, 3.8) is 0 Å². The van der Waals surface area contributed by atoms with E-state index in [1.165, 1.54) is 12.1 Å². The third-order valence-corrected chi connectivity index (χ3v) is 9.94. The van der Waals surface area contributed by atoms with Crippen LogP contribution in [0.1, 0.15) is 35.2 Å². The number of carbonyl (C=O) groups excluding carboxylic acids is 1. The third kappa shape index (κ3) is 3.70. The molecule has 0 aliphatic carbocycles. The van der Waals surface area contributed by atoms with Gasteiger partial charge in [-0.3, -0.25) is 4.79 Å². The lowest BCUT2D eigenvalue weighted by Crippen LogP contribution is -2.68. The van der Waals surface area contributed by atoms with Crippen LogP contribution >= 0.6 is 0 Å². The molecule has 0 bridgehead atoms. The van der Waals surface area contributed by atoms with Crippen molar-refractivity contribution in [1.82, 2.24) is 0 Å².